The van der Waals surface area contributed by atoms with E-state index in [1.54, 1.807) is 6.20 Å². The fourth-order valence-electron chi connectivity index (χ4n) is 3.27. The molecule has 138 valence electrons. The Kier molecular flexibility index (Phi) is 4.87. The molecule has 1 aromatic carbocycles. The molecule has 0 atom stereocenters. The van der Waals surface area contributed by atoms with E-state index in [-0.39, 0.29) is 12.3 Å². The minimum Gasteiger partial charge on any atom is -0.440 e. The molecule has 1 fully saturated rings. The van der Waals surface area contributed by atoms with Gasteiger partial charge in [-0.2, -0.15) is 0 Å². The van der Waals surface area contributed by atoms with Gasteiger partial charge >= 0.3 is 0 Å². The van der Waals surface area contributed by atoms with Crippen molar-refractivity contribution in [2.75, 3.05) is 31.1 Å². The highest BCUT2D eigenvalue weighted by molar-refractivity contribution is 5.78. The molecule has 0 spiro atoms. The van der Waals surface area contributed by atoms with Crippen LogP contribution >= 0.6 is 0 Å². The summed E-state index contributed by atoms with van der Waals surface area (Å²) in [6, 6.07) is 15.6. The van der Waals surface area contributed by atoms with Crippen LogP contribution in [-0.4, -0.2) is 47.0 Å². The van der Waals surface area contributed by atoms with E-state index < -0.39 is 0 Å². The van der Waals surface area contributed by atoms with Gasteiger partial charge in [-0.3, -0.25) is 4.79 Å². The third-order valence-electron chi connectivity index (χ3n) is 4.83. The topological polar surface area (TPSA) is 62.5 Å². The normalized spacial score (nSPS) is 14.4. The Morgan fingerprint density at radius 1 is 1.04 bits per heavy atom. The second kappa shape index (κ2) is 7.61. The summed E-state index contributed by atoms with van der Waals surface area (Å²) in [7, 11) is 0. The largest absolute Gasteiger partial charge is 0.440 e. The van der Waals surface area contributed by atoms with E-state index in [9.17, 15) is 4.79 Å². The number of piperazine rings is 1. The number of carbonyl (C=O) groups excluding carboxylic acids is 1. The number of pyridine rings is 1. The standard InChI is InChI=1S/C21H22N4O2/c1-16-18(27-21(23-16)17-7-3-2-4-8-17)15-20(26)25-13-11-24(12-14-25)19-9-5-6-10-22-19/h2-10H,11-15H2,1H3. The molecule has 1 aliphatic heterocycles. The molecule has 0 saturated carbocycles. The van der Waals surface area contributed by atoms with Crippen LogP contribution in [0, 0.1) is 6.92 Å². The Morgan fingerprint density at radius 3 is 2.48 bits per heavy atom. The molecular formula is C21H22N4O2. The van der Waals surface area contributed by atoms with E-state index in [4.69, 9.17) is 4.42 Å². The zero-order valence-corrected chi connectivity index (χ0v) is 15.3. The molecule has 0 radical (unpaired) electrons. The van der Waals surface area contributed by atoms with Gasteiger partial charge in [0.05, 0.1) is 12.1 Å². The van der Waals surface area contributed by atoms with Crippen molar-refractivity contribution in [3.05, 3.63) is 66.2 Å². The lowest BCUT2D eigenvalue weighted by atomic mass is 10.2. The summed E-state index contributed by atoms with van der Waals surface area (Å²) in [5.41, 5.74) is 1.69. The van der Waals surface area contributed by atoms with Crippen LogP contribution in [0.15, 0.2) is 59.1 Å². The van der Waals surface area contributed by atoms with Gasteiger partial charge in [0.1, 0.15) is 11.6 Å². The average molecular weight is 362 g/mol. The third-order valence-corrected chi connectivity index (χ3v) is 4.83. The van der Waals surface area contributed by atoms with Crippen LogP contribution in [0.25, 0.3) is 11.5 Å². The number of rotatable bonds is 4. The maximum absolute atomic E-state index is 12.7. The van der Waals surface area contributed by atoms with Crippen molar-refractivity contribution in [2.24, 2.45) is 0 Å². The molecule has 6 heteroatoms. The summed E-state index contributed by atoms with van der Waals surface area (Å²) in [6.45, 7) is 4.83. The third kappa shape index (κ3) is 3.84. The molecule has 2 aromatic heterocycles. The number of aromatic nitrogens is 2. The summed E-state index contributed by atoms with van der Waals surface area (Å²) in [4.78, 5) is 25.7. The van der Waals surface area contributed by atoms with Crippen molar-refractivity contribution in [3.63, 3.8) is 0 Å². The molecule has 1 saturated heterocycles. The van der Waals surface area contributed by atoms with Crippen LogP contribution in [0.2, 0.25) is 0 Å². The van der Waals surface area contributed by atoms with E-state index in [0.717, 1.165) is 30.2 Å². The minimum atomic E-state index is 0.0783. The molecule has 4 rings (SSSR count). The molecule has 0 unspecified atom stereocenters. The van der Waals surface area contributed by atoms with Crippen molar-refractivity contribution in [2.45, 2.75) is 13.3 Å². The van der Waals surface area contributed by atoms with Gasteiger partial charge in [-0.25, -0.2) is 9.97 Å². The zero-order valence-electron chi connectivity index (χ0n) is 15.3. The van der Waals surface area contributed by atoms with Gasteiger partial charge in [0.25, 0.3) is 0 Å². The first-order valence-corrected chi connectivity index (χ1v) is 9.16. The van der Waals surface area contributed by atoms with E-state index >= 15 is 0 Å². The number of nitrogens with zero attached hydrogens (tertiary/aromatic N) is 4. The molecule has 1 aliphatic rings. The van der Waals surface area contributed by atoms with Crippen LogP contribution < -0.4 is 4.90 Å². The van der Waals surface area contributed by atoms with E-state index in [1.165, 1.54) is 0 Å². The molecule has 3 aromatic rings. The molecule has 3 heterocycles. The molecular weight excluding hydrogens is 340 g/mol. The van der Waals surface area contributed by atoms with Gasteiger partial charge in [-0.05, 0) is 31.2 Å². The predicted octanol–water partition coefficient (Wildman–Crippen LogP) is 2.94. The van der Waals surface area contributed by atoms with Crippen LogP contribution in [-0.2, 0) is 11.2 Å². The second-order valence-corrected chi connectivity index (χ2v) is 6.63. The Labute approximate surface area is 158 Å². The second-order valence-electron chi connectivity index (χ2n) is 6.63. The quantitative estimate of drug-likeness (QED) is 0.714. The van der Waals surface area contributed by atoms with E-state index in [0.29, 0.717) is 24.7 Å². The Hall–Kier alpha value is -3.15. The maximum Gasteiger partial charge on any atom is 0.230 e. The van der Waals surface area contributed by atoms with Gasteiger partial charge in [0, 0.05) is 37.9 Å². The molecule has 27 heavy (non-hydrogen) atoms. The SMILES string of the molecule is Cc1nc(-c2ccccc2)oc1CC(=O)N1CCN(c2ccccn2)CC1. The lowest BCUT2D eigenvalue weighted by Gasteiger charge is -2.35. The van der Waals surface area contributed by atoms with E-state index in [1.807, 2.05) is 60.4 Å². The highest BCUT2D eigenvalue weighted by atomic mass is 16.4. The number of hydrogen-bond donors (Lipinski definition) is 0. The fraction of sp³-hybridized carbons (Fsp3) is 0.286. The van der Waals surface area contributed by atoms with E-state index in [2.05, 4.69) is 14.9 Å². The van der Waals surface area contributed by atoms with Gasteiger partial charge < -0.3 is 14.2 Å². The smallest absolute Gasteiger partial charge is 0.230 e. The highest BCUT2D eigenvalue weighted by Crippen LogP contribution is 2.22. The van der Waals surface area contributed by atoms with Gasteiger partial charge in [0.15, 0.2) is 0 Å². The van der Waals surface area contributed by atoms with Crippen LogP contribution in [0.5, 0.6) is 0 Å². The van der Waals surface area contributed by atoms with Crippen molar-refractivity contribution in [1.82, 2.24) is 14.9 Å². The monoisotopic (exact) mass is 362 g/mol. The summed E-state index contributed by atoms with van der Waals surface area (Å²) in [5, 5.41) is 0. The minimum absolute atomic E-state index is 0.0783. The number of anilines is 1. The van der Waals surface area contributed by atoms with Crippen molar-refractivity contribution < 1.29 is 9.21 Å². The first kappa shape index (κ1) is 17.3. The number of hydrogen-bond acceptors (Lipinski definition) is 5. The highest BCUT2D eigenvalue weighted by Gasteiger charge is 2.24. The van der Waals surface area contributed by atoms with Crippen molar-refractivity contribution in [3.8, 4) is 11.5 Å². The first-order chi connectivity index (χ1) is 13.2. The van der Waals surface area contributed by atoms with Crippen LogP contribution in [0.3, 0.4) is 0 Å². The lowest BCUT2D eigenvalue weighted by molar-refractivity contribution is -0.131. The van der Waals surface area contributed by atoms with Gasteiger partial charge in [-0.1, -0.05) is 24.3 Å². The number of benzene rings is 1. The Bertz CT molecular complexity index is 900. The Balaban J connectivity index is 1.38. The number of carbonyl (C=O) groups is 1. The van der Waals surface area contributed by atoms with Crippen LogP contribution in [0.1, 0.15) is 11.5 Å². The zero-order chi connectivity index (χ0) is 18.6. The molecule has 6 nitrogen and oxygen atoms in total. The predicted molar refractivity (Wildman–Crippen MR) is 103 cm³/mol. The average Bonchev–Trinajstić information content (AvgIpc) is 3.10. The molecule has 0 aliphatic carbocycles. The van der Waals surface area contributed by atoms with Crippen molar-refractivity contribution >= 4 is 11.7 Å². The summed E-state index contributed by atoms with van der Waals surface area (Å²) < 4.78 is 5.87. The van der Waals surface area contributed by atoms with Crippen molar-refractivity contribution in [1.29, 1.82) is 0 Å². The Morgan fingerprint density at radius 2 is 1.78 bits per heavy atom. The number of aryl methyl sites for hydroxylation is 1. The van der Waals surface area contributed by atoms with Crippen LogP contribution in [0.4, 0.5) is 5.82 Å². The molecule has 1 amide bonds. The fourth-order valence-corrected chi connectivity index (χ4v) is 3.27. The number of amides is 1. The molecule has 0 N–H and O–H groups in total. The molecule has 0 bridgehead atoms. The van der Waals surface area contributed by atoms with Gasteiger partial charge in [0.2, 0.25) is 11.8 Å². The summed E-state index contributed by atoms with van der Waals surface area (Å²) in [6.07, 6.45) is 2.04. The lowest BCUT2D eigenvalue weighted by Crippen LogP contribution is -2.49. The maximum atomic E-state index is 12.7. The summed E-state index contributed by atoms with van der Waals surface area (Å²) in [5.74, 6) is 2.25. The number of oxazole rings is 1. The van der Waals surface area contributed by atoms with Gasteiger partial charge in [-0.15, -0.1) is 0 Å². The summed E-state index contributed by atoms with van der Waals surface area (Å²) >= 11 is 0. The first-order valence-electron chi connectivity index (χ1n) is 9.16.